The van der Waals surface area contributed by atoms with Crippen molar-refractivity contribution in [1.29, 1.82) is 0 Å². The molecule has 0 saturated carbocycles. The first-order valence-corrected chi connectivity index (χ1v) is 6.40. The summed E-state index contributed by atoms with van der Waals surface area (Å²) in [6.45, 7) is 5.58. The van der Waals surface area contributed by atoms with E-state index in [-0.39, 0.29) is 4.90 Å². The van der Waals surface area contributed by atoms with Gasteiger partial charge in [0.15, 0.2) is 0 Å². The van der Waals surface area contributed by atoms with Crippen molar-refractivity contribution in [3.63, 3.8) is 0 Å². The van der Waals surface area contributed by atoms with E-state index >= 15 is 0 Å². The second-order valence-corrected chi connectivity index (χ2v) is 5.74. The summed E-state index contributed by atoms with van der Waals surface area (Å²) in [6, 6.07) is 5.12. The Labute approximate surface area is 95.3 Å². The third kappa shape index (κ3) is 2.26. The number of aryl methyl sites for hydroxylation is 2. The van der Waals surface area contributed by atoms with E-state index < -0.39 is 15.9 Å². The highest BCUT2D eigenvalue weighted by Gasteiger charge is 2.45. The second kappa shape index (κ2) is 3.55. The van der Waals surface area contributed by atoms with E-state index in [9.17, 15) is 8.42 Å². The van der Waals surface area contributed by atoms with Crippen LogP contribution in [0.4, 0.5) is 0 Å². The number of rotatable bonds is 3. The summed E-state index contributed by atoms with van der Waals surface area (Å²) >= 11 is 0. The van der Waals surface area contributed by atoms with E-state index in [0.717, 1.165) is 5.56 Å². The molecule has 0 aromatic heterocycles. The van der Waals surface area contributed by atoms with Crippen molar-refractivity contribution in [3.05, 3.63) is 29.3 Å². The molecule has 0 radical (unpaired) electrons. The van der Waals surface area contributed by atoms with E-state index in [2.05, 4.69) is 0 Å². The van der Waals surface area contributed by atoms with Crippen LogP contribution < -0.4 is 0 Å². The molecule has 0 amide bonds. The Morgan fingerprint density at radius 2 is 2.00 bits per heavy atom. The van der Waals surface area contributed by atoms with Gasteiger partial charge < -0.3 is 4.74 Å². The summed E-state index contributed by atoms with van der Waals surface area (Å²) in [7, 11) is -3.73. The molecule has 0 spiro atoms. The molecule has 1 aromatic carbocycles. The average molecular weight is 242 g/mol. The maximum absolute atomic E-state index is 11.9. The van der Waals surface area contributed by atoms with Gasteiger partial charge in [0.2, 0.25) is 5.79 Å². The highest BCUT2D eigenvalue weighted by atomic mass is 32.2. The lowest BCUT2D eigenvalue weighted by Crippen LogP contribution is -2.18. The predicted octanol–water partition coefficient (Wildman–Crippen LogP) is 1.76. The molecule has 1 aliphatic heterocycles. The van der Waals surface area contributed by atoms with Gasteiger partial charge in [-0.2, -0.15) is 8.42 Å². The van der Waals surface area contributed by atoms with Crippen LogP contribution in [-0.2, 0) is 19.0 Å². The highest BCUT2D eigenvalue weighted by Crippen LogP contribution is 2.32. The van der Waals surface area contributed by atoms with Crippen LogP contribution >= 0.6 is 0 Å². The Morgan fingerprint density at radius 1 is 1.38 bits per heavy atom. The Balaban J connectivity index is 2.35. The van der Waals surface area contributed by atoms with Gasteiger partial charge in [0.1, 0.15) is 6.61 Å². The van der Waals surface area contributed by atoms with Crippen LogP contribution in [0.15, 0.2) is 23.1 Å². The van der Waals surface area contributed by atoms with Crippen molar-refractivity contribution in [3.8, 4) is 0 Å². The third-order valence-corrected chi connectivity index (χ3v) is 4.01. The maximum atomic E-state index is 11.9. The van der Waals surface area contributed by atoms with Crippen LogP contribution in [0.3, 0.4) is 0 Å². The first-order valence-electron chi connectivity index (χ1n) is 4.99. The minimum atomic E-state index is -3.73. The zero-order valence-electron chi connectivity index (χ0n) is 9.48. The molecule has 16 heavy (non-hydrogen) atoms. The van der Waals surface area contributed by atoms with Crippen molar-refractivity contribution in [2.45, 2.75) is 31.5 Å². The largest absolute Gasteiger partial charge is 0.341 e. The number of benzene rings is 1. The molecule has 0 aliphatic carbocycles. The second-order valence-electron chi connectivity index (χ2n) is 4.23. The van der Waals surface area contributed by atoms with Gasteiger partial charge in [0, 0.05) is 0 Å². The summed E-state index contributed by atoms with van der Waals surface area (Å²) in [6.07, 6.45) is 0. The molecule has 4 nitrogen and oxygen atoms in total. The standard InChI is InChI=1S/C11H14O4S/c1-8-4-5-10(9(2)6-8)16(12,13)15-11(3)7-14-11/h4-6H,7H2,1-3H3. The fourth-order valence-electron chi connectivity index (χ4n) is 1.51. The van der Waals surface area contributed by atoms with Crippen molar-refractivity contribution in [2.75, 3.05) is 6.61 Å². The smallest absolute Gasteiger partial charge is 0.300 e. The molecule has 1 atom stereocenters. The number of hydrogen-bond donors (Lipinski definition) is 0. The number of hydrogen-bond acceptors (Lipinski definition) is 4. The molecule has 1 heterocycles. The lowest BCUT2D eigenvalue weighted by Gasteiger charge is -2.10. The zero-order chi connectivity index (χ0) is 12.0. The lowest BCUT2D eigenvalue weighted by molar-refractivity contribution is 0.0874. The van der Waals surface area contributed by atoms with E-state index in [1.54, 1.807) is 26.0 Å². The molecular weight excluding hydrogens is 228 g/mol. The monoisotopic (exact) mass is 242 g/mol. The molecular formula is C11H14O4S. The van der Waals surface area contributed by atoms with Gasteiger partial charge in [-0.3, -0.25) is 0 Å². The summed E-state index contributed by atoms with van der Waals surface area (Å²) in [5.41, 5.74) is 1.70. The van der Waals surface area contributed by atoms with E-state index in [1.807, 2.05) is 13.0 Å². The fraction of sp³-hybridized carbons (Fsp3) is 0.455. The first-order chi connectivity index (χ1) is 7.32. The van der Waals surface area contributed by atoms with E-state index in [1.165, 1.54) is 0 Å². The Hall–Kier alpha value is -0.910. The molecule has 0 bridgehead atoms. The SMILES string of the molecule is Cc1ccc(S(=O)(=O)OC2(C)CO2)c(C)c1. The van der Waals surface area contributed by atoms with Gasteiger partial charge in [0.05, 0.1) is 4.90 Å². The van der Waals surface area contributed by atoms with Crippen LogP contribution in [0.5, 0.6) is 0 Å². The first kappa shape index (κ1) is 11.6. The van der Waals surface area contributed by atoms with Crippen molar-refractivity contribution < 1.29 is 17.3 Å². The molecule has 5 heteroatoms. The zero-order valence-corrected chi connectivity index (χ0v) is 10.3. The Bertz CT molecular complexity index is 515. The van der Waals surface area contributed by atoms with Crippen LogP contribution in [0.2, 0.25) is 0 Å². The number of epoxide rings is 1. The summed E-state index contributed by atoms with van der Waals surface area (Å²) < 4.78 is 33.7. The minimum absolute atomic E-state index is 0.204. The van der Waals surface area contributed by atoms with Gasteiger partial charge in [-0.25, -0.2) is 4.18 Å². The Kier molecular flexibility index (Phi) is 2.57. The molecule has 1 aliphatic rings. The Morgan fingerprint density at radius 3 is 2.50 bits per heavy atom. The third-order valence-electron chi connectivity index (χ3n) is 2.44. The van der Waals surface area contributed by atoms with Gasteiger partial charge >= 0.3 is 0 Å². The maximum Gasteiger partial charge on any atom is 0.300 e. The molecule has 0 N–H and O–H groups in total. The van der Waals surface area contributed by atoms with E-state index in [4.69, 9.17) is 8.92 Å². The van der Waals surface area contributed by atoms with Crippen molar-refractivity contribution in [1.82, 2.24) is 0 Å². The average Bonchev–Trinajstić information content (AvgIpc) is 2.80. The fourth-order valence-corrected chi connectivity index (χ4v) is 2.84. The topological polar surface area (TPSA) is 55.9 Å². The van der Waals surface area contributed by atoms with E-state index in [0.29, 0.717) is 12.2 Å². The normalized spacial score (nSPS) is 24.4. The van der Waals surface area contributed by atoms with Crippen molar-refractivity contribution >= 4 is 10.1 Å². The molecule has 88 valence electrons. The van der Waals surface area contributed by atoms with Gasteiger partial charge in [-0.1, -0.05) is 17.7 Å². The van der Waals surface area contributed by atoms with Gasteiger partial charge in [-0.15, -0.1) is 0 Å². The van der Waals surface area contributed by atoms with Crippen LogP contribution in [0, 0.1) is 13.8 Å². The molecule has 1 saturated heterocycles. The summed E-state index contributed by atoms with van der Waals surface area (Å²) in [5, 5.41) is 0. The molecule has 1 unspecified atom stereocenters. The van der Waals surface area contributed by atoms with Gasteiger partial charge in [0.25, 0.3) is 10.1 Å². The van der Waals surface area contributed by atoms with Crippen molar-refractivity contribution in [2.24, 2.45) is 0 Å². The van der Waals surface area contributed by atoms with Gasteiger partial charge in [-0.05, 0) is 32.4 Å². The predicted molar refractivity (Wildman–Crippen MR) is 58.5 cm³/mol. The van der Waals surface area contributed by atoms with Crippen LogP contribution in [-0.4, -0.2) is 20.8 Å². The number of ether oxygens (including phenoxy) is 1. The summed E-state index contributed by atoms with van der Waals surface area (Å²) in [4.78, 5) is 0.204. The quantitative estimate of drug-likeness (QED) is 0.598. The molecule has 2 rings (SSSR count). The highest BCUT2D eigenvalue weighted by molar-refractivity contribution is 7.86. The van der Waals surface area contributed by atoms with Crippen LogP contribution in [0.25, 0.3) is 0 Å². The minimum Gasteiger partial charge on any atom is -0.341 e. The molecule has 1 fully saturated rings. The van der Waals surface area contributed by atoms with Crippen LogP contribution in [0.1, 0.15) is 18.1 Å². The lowest BCUT2D eigenvalue weighted by atomic mass is 10.2. The summed E-state index contributed by atoms with van der Waals surface area (Å²) in [5.74, 6) is -0.962. The molecule has 1 aromatic rings.